The third-order valence-electron chi connectivity index (χ3n) is 7.32. The van der Waals surface area contributed by atoms with Crippen molar-refractivity contribution in [3.63, 3.8) is 0 Å². The van der Waals surface area contributed by atoms with E-state index in [4.69, 9.17) is 11.4 Å². The SMILES string of the molecule is CC(C)(C)c1cccc(C(C)(C)C)c1[O][Al]1[O]c2ccc3ccccc3c2-c2c(ccc3ccccc23)[O]1.[H-].[Li+]. The Hall–Kier alpha value is -2.85. The number of rotatable bonds is 2. The summed E-state index contributed by atoms with van der Waals surface area (Å²) in [7, 11) is 0. The fraction of sp³-hybridized carbons (Fsp3) is 0.235. The number of benzene rings is 5. The first kappa shape index (κ1) is 27.7. The van der Waals surface area contributed by atoms with Crippen LogP contribution in [0.3, 0.4) is 0 Å². The zero-order valence-electron chi connectivity index (χ0n) is 25.0. The maximum Gasteiger partial charge on any atom is 1.20 e. The first-order valence-corrected chi connectivity index (χ1v) is 14.7. The van der Waals surface area contributed by atoms with Crippen LogP contribution in [0.5, 0.6) is 17.2 Å². The van der Waals surface area contributed by atoms with Gasteiger partial charge in [-0.15, -0.1) is 0 Å². The molecule has 192 valence electrons. The molecule has 0 radical (unpaired) electrons. The standard InChI is InChI=1S/C20H14O2.C14H22O.Al.Li.H/c21-17-11-9-13-5-1-3-7-15(13)19(17)20-16-8-4-2-6-14(16)10-12-18(20)22;1-13(2,3)10-8-7-9-11(12(10)15)14(4,5)6;;;/h1-12,21-22H;7-9,15H,1-6H3;;;/q;;+3;+1;-1/p-3. The van der Waals surface area contributed by atoms with Gasteiger partial charge in [-0.25, -0.2) is 0 Å². The number of hydrogen-bond donors (Lipinski definition) is 0. The van der Waals surface area contributed by atoms with E-state index in [1.54, 1.807) is 0 Å². The van der Waals surface area contributed by atoms with Crippen molar-refractivity contribution in [1.29, 1.82) is 0 Å². The van der Waals surface area contributed by atoms with Crippen LogP contribution in [0.2, 0.25) is 0 Å². The molecule has 5 aromatic carbocycles. The molecule has 6 rings (SSSR count). The summed E-state index contributed by atoms with van der Waals surface area (Å²) in [5.74, 6) is 2.50. The van der Waals surface area contributed by atoms with Crippen molar-refractivity contribution >= 4 is 36.7 Å². The van der Waals surface area contributed by atoms with E-state index in [1.807, 2.05) is 0 Å². The van der Waals surface area contributed by atoms with Crippen LogP contribution in [0.15, 0.2) is 91.0 Å². The molecule has 0 N–H and O–H groups in total. The monoisotopic (exact) mass is 524 g/mol. The molecular formula is C34H34AlLiO3. The summed E-state index contributed by atoms with van der Waals surface area (Å²) in [6, 6.07) is 31.8. The third kappa shape index (κ3) is 5.09. The Kier molecular flexibility index (Phi) is 7.30. The van der Waals surface area contributed by atoms with Crippen molar-refractivity contribution in [1.82, 2.24) is 0 Å². The van der Waals surface area contributed by atoms with E-state index in [0.29, 0.717) is 0 Å². The first-order valence-electron chi connectivity index (χ1n) is 13.3. The van der Waals surface area contributed by atoms with E-state index in [9.17, 15) is 0 Å². The van der Waals surface area contributed by atoms with Gasteiger partial charge in [-0.05, 0) is 55.6 Å². The molecule has 0 amide bonds. The van der Waals surface area contributed by atoms with E-state index in [-0.39, 0.29) is 31.1 Å². The molecule has 0 saturated carbocycles. The average Bonchev–Trinajstić information content (AvgIpc) is 3.04. The molecule has 0 spiro atoms. The zero-order valence-corrected chi connectivity index (χ0v) is 25.1. The van der Waals surface area contributed by atoms with Crippen LogP contribution >= 0.6 is 0 Å². The van der Waals surface area contributed by atoms with Gasteiger partial charge in [0.15, 0.2) is 0 Å². The van der Waals surface area contributed by atoms with Gasteiger partial charge in [0, 0.05) is 11.1 Å². The van der Waals surface area contributed by atoms with Gasteiger partial charge < -0.3 is 12.8 Å². The van der Waals surface area contributed by atoms with Gasteiger partial charge >= 0.3 is 34.0 Å². The van der Waals surface area contributed by atoms with Crippen LogP contribution < -0.4 is 30.2 Å². The molecular weight excluding hydrogens is 490 g/mol. The van der Waals surface area contributed by atoms with Crippen molar-refractivity contribution in [3.05, 3.63) is 102 Å². The van der Waals surface area contributed by atoms with Crippen molar-refractivity contribution in [2.75, 3.05) is 0 Å². The Labute approximate surface area is 250 Å². The molecule has 0 aromatic heterocycles. The summed E-state index contributed by atoms with van der Waals surface area (Å²) < 4.78 is 20.3. The van der Waals surface area contributed by atoms with Crippen LogP contribution in [0.4, 0.5) is 0 Å². The van der Waals surface area contributed by atoms with Crippen LogP contribution in [-0.4, -0.2) is 15.1 Å². The Bertz CT molecular complexity index is 1570. The summed E-state index contributed by atoms with van der Waals surface area (Å²) in [6.45, 7) is 13.3. The average molecular weight is 525 g/mol. The molecule has 3 nitrogen and oxygen atoms in total. The maximum atomic E-state index is 6.88. The van der Waals surface area contributed by atoms with Crippen molar-refractivity contribution in [2.45, 2.75) is 52.4 Å². The molecule has 0 aliphatic carbocycles. The topological polar surface area (TPSA) is 27.7 Å². The van der Waals surface area contributed by atoms with Crippen molar-refractivity contribution in [3.8, 4) is 28.4 Å². The fourth-order valence-corrected chi connectivity index (χ4v) is 6.83. The van der Waals surface area contributed by atoms with Gasteiger partial charge in [-0.2, -0.15) is 0 Å². The summed E-state index contributed by atoms with van der Waals surface area (Å²) in [6.07, 6.45) is 0. The van der Waals surface area contributed by atoms with Crippen molar-refractivity contribution < 1.29 is 31.7 Å². The first-order chi connectivity index (χ1) is 18.1. The van der Waals surface area contributed by atoms with E-state index in [0.717, 1.165) is 50.3 Å². The Morgan fingerprint density at radius 3 is 1.44 bits per heavy atom. The summed E-state index contributed by atoms with van der Waals surface area (Å²) in [5, 5.41) is 4.63. The second-order valence-electron chi connectivity index (χ2n) is 12.1. The van der Waals surface area contributed by atoms with Gasteiger partial charge in [0.1, 0.15) is 0 Å². The van der Waals surface area contributed by atoms with Gasteiger partial charge in [-0.3, -0.25) is 0 Å². The molecule has 0 saturated heterocycles. The molecule has 39 heavy (non-hydrogen) atoms. The van der Waals surface area contributed by atoms with Crippen LogP contribution in [-0.2, 0) is 10.8 Å². The molecule has 5 aromatic rings. The quantitative estimate of drug-likeness (QED) is 0.257. The minimum absolute atomic E-state index is 0. The summed E-state index contributed by atoms with van der Waals surface area (Å²) >= 11 is -2.73. The molecule has 1 aliphatic heterocycles. The normalized spacial score (nSPS) is 13.0. The predicted molar refractivity (Wildman–Crippen MR) is 159 cm³/mol. The molecule has 0 fully saturated rings. The predicted octanol–water partition coefficient (Wildman–Crippen LogP) is 6.21. The maximum absolute atomic E-state index is 6.88. The van der Waals surface area contributed by atoms with E-state index < -0.39 is 15.1 Å². The van der Waals surface area contributed by atoms with Crippen LogP contribution in [0.1, 0.15) is 54.1 Å². The smallest absolute Gasteiger partial charge is 1.00 e. The number of fused-ring (bicyclic) bond motifs is 7. The Morgan fingerprint density at radius 1 is 0.564 bits per heavy atom. The summed E-state index contributed by atoms with van der Waals surface area (Å²) in [5.41, 5.74) is 4.25. The van der Waals surface area contributed by atoms with Crippen LogP contribution in [0.25, 0.3) is 32.7 Å². The molecule has 5 heteroatoms. The van der Waals surface area contributed by atoms with Gasteiger partial charge in [0.2, 0.25) is 0 Å². The molecule has 1 aliphatic rings. The molecule has 1 heterocycles. The fourth-order valence-electron chi connectivity index (χ4n) is 5.44. The Morgan fingerprint density at radius 2 is 1.00 bits per heavy atom. The van der Waals surface area contributed by atoms with Crippen LogP contribution in [0, 0.1) is 0 Å². The number of hydrogen-bond acceptors (Lipinski definition) is 3. The molecule has 0 bridgehead atoms. The zero-order chi connectivity index (χ0) is 26.7. The minimum atomic E-state index is -2.73. The third-order valence-corrected chi connectivity index (χ3v) is 8.64. The Balaban J connectivity index is 0.00000185. The van der Waals surface area contributed by atoms with E-state index in [1.165, 1.54) is 10.8 Å². The minimum Gasteiger partial charge on any atom is -1.00 e. The van der Waals surface area contributed by atoms with Gasteiger partial charge in [0.25, 0.3) is 0 Å². The second kappa shape index (κ2) is 10.3. The largest absolute Gasteiger partial charge is 1.20 e. The van der Waals surface area contributed by atoms with Crippen molar-refractivity contribution in [2.24, 2.45) is 0 Å². The number of para-hydroxylation sites is 1. The van der Waals surface area contributed by atoms with E-state index in [2.05, 4.69) is 133 Å². The van der Waals surface area contributed by atoms with E-state index >= 15 is 0 Å². The molecule has 0 atom stereocenters. The van der Waals surface area contributed by atoms with Gasteiger partial charge in [-0.1, -0.05) is 120 Å². The van der Waals surface area contributed by atoms with Gasteiger partial charge in [0.05, 0.1) is 17.2 Å². The molecule has 0 unspecified atom stereocenters. The summed E-state index contributed by atoms with van der Waals surface area (Å²) in [4.78, 5) is 0. The second-order valence-corrected chi connectivity index (χ2v) is 13.4.